The average molecular weight is 254 g/mol. The molecule has 0 atom stereocenters. The van der Waals surface area contributed by atoms with E-state index in [-0.39, 0.29) is 5.78 Å². The first-order valence-corrected chi connectivity index (χ1v) is 6.25. The molecule has 19 heavy (non-hydrogen) atoms. The van der Waals surface area contributed by atoms with Crippen molar-refractivity contribution in [2.75, 3.05) is 5.73 Å². The van der Waals surface area contributed by atoms with E-state index < -0.39 is 0 Å². The summed E-state index contributed by atoms with van der Waals surface area (Å²) in [5.74, 6) is 0.0265. The number of aryl methyl sites for hydroxylation is 2. The molecule has 2 rings (SSSR count). The average Bonchev–Trinajstić information content (AvgIpc) is 2.30. The maximum Gasteiger partial charge on any atom is 0.179 e. The molecule has 3 heteroatoms. The number of hydrogen-bond donors (Lipinski definition) is 1. The molecule has 1 aromatic rings. The van der Waals surface area contributed by atoms with Gasteiger partial charge in [0.25, 0.3) is 0 Å². The first-order valence-electron chi connectivity index (χ1n) is 6.25. The summed E-state index contributed by atoms with van der Waals surface area (Å²) >= 11 is 0. The van der Waals surface area contributed by atoms with E-state index in [4.69, 9.17) is 5.73 Å². The molecule has 2 N–H and O–H groups in total. The van der Waals surface area contributed by atoms with Crippen molar-refractivity contribution in [2.24, 2.45) is 4.99 Å². The van der Waals surface area contributed by atoms with Crippen molar-refractivity contribution in [3.8, 4) is 0 Å². The Morgan fingerprint density at radius 3 is 1.89 bits per heavy atom. The van der Waals surface area contributed by atoms with Crippen LogP contribution in [0.3, 0.4) is 0 Å². The van der Waals surface area contributed by atoms with E-state index in [1.54, 1.807) is 12.2 Å². The molecule has 0 heterocycles. The molecule has 0 radical (unpaired) electrons. The fraction of sp³-hybridized carbons (Fsp3) is 0.250. The molecule has 0 aliphatic heterocycles. The fourth-order valence-electron chi connectivity index (χ4n) is 2.24. The number of aliphatic imine (C=N–C) groups is 1. The molecule has 0 bridgehead atoms. The number of ketones is 1. The maximum absolute atomic E-state index is 11.4. The maximum atomic E-state index is 11.4. The van der Waals surface area contributed by atoms with Gasteiger partial charge >= 0.3 is 0 Å². The highest BCUT2D eigenvalue weighted by Gasteiger charge is 2.13. The van der Waals surface area contributed by atoms with E-state index >= 15 is 0 Å². The first kappa shape index (κ1) is 13.3. The molecule has 0 saturated carbocycles. The summed E-state index contributed by atoms with van der Waals surface area (Å²) in [5, 5.41) is 0. The lowest BCUT2D eigenvalue weighted by atomic mass is 9.97. The lowest BCUT2D eigenvalue weighted by Crippen LogP contribution is -2.10. The van der Waals surface area contributed by atoms with Crippen LogP contribution >= 0.6 is 0 Å². The summed E-state index contributed by atoms with van der Waals surface area (Å²) in [6, 6.07) is 3.93. The number of carbonyl (C=O) groups is 1. The highest BCUT2D eigenvalue weighted by atomic mass is 16.1. The fourth-order valence-corrected chi connectivity index (χ4v) is 2.24. The van der Waals surface area contributed by atoms with Crippen molar-refractivity contribution in [3.05, 3.63) is 46.6 Å². The van der Waals surface area contributed by atoms with Gasteiger partial charge < -0.3 is 5.73 Å². The molecule has 0 unspecified atom stereocenters. The van der Waals surface area contributed by atoms with Crippen molar-refractivity contribution in [1.82, 2.24) is 0 Å². The van der Waals surface area contributed by atoms with Gasteiger partial charge in [0.15, 0.2) is 5.78 Å². The van der Waals surface area contributed by atoms with E-state index in [9.17, 15) is 4.79 Å². The number of nitrogens with two attached hydrogens (primary N) is 1. The molecule has 98 valence electrons. The highest BCUT2D eigenvalue weighted by molar-refractivity contribution is 6.22. The zero-order valence-electron chi connectivity index (χ0n) is 11.7. The van der Waals surface area contributed by atoms with Crippen molar-refractivity contribution in [2.45, 2.75) is 27.7 Å². The summed E-state index contributed by atoms with van der Waals surface area (Å²) in [7, 11) is 0. The minimum Gasteiger partial charge on any atom is -0.398 e. The van der Waals surface area contributed by atoms with Gasteiger partial charge in [0, 0.05) is 5.69 Å². The molecule has 0 fully saturated rings. The van der Waals surface area contributed by atoms with Crippen LogP contribution in [0.5, 0.6) is 0 Å². The molecule has 1 aliphatic carbocycles. The predicted octanol–water partition coefficient (Wildman–Crippen LogP) is 3.43. The topological polar surface area (TPSA) is 55.5 Å². The van der Waals surface area contributed by atoms with Gasteiger partial charge in [-0.15, -0.1) is 0 Å². The van der Waals surface area contributed by atoms with Crippen molar-refractivity contribution in [1.29, 1.82) is 0 Å². The summed E-state index contributed by atoms with van der Waals surface area (Å²) in [4.78, 5) is 16.1. The van der Waals surface area contributed by atoms with Gasteiger partial charge in [-0.2, -0.15) is 0 Å². The third-order valence-electron chi connectivity index (χ3n) is 3.28. The molecule has 0 saturated heterocycles. The zero-order valence-corrected chi connectivity index (χ0v) is 11.7. The molecule has 1 aromatic carbocycles. The number of nitrogens with zero attached hydrogens (tertiary/aromatic N) is 1. The lowest BCUT2D eigenvalue weighted by Gasteiger charge is -2.13. The summed E-state index contributed by atoms with van der Waals surface area (Å²) < 4.78 is 0. The van der Waals surface area contributed by atoms with Crippen molar-refractivity contribution < 1.29 is 4.79 Å². The Hall–Kier alpha value is -2.16. The Balaban J connectivity index is 2.50. The van der Waals surface area contributed by atoms with E-state index in [1.165, 1.54) is 0 Å². The third-order valence-corrected chi connectivity index (χ3v) is 3.28. The van der Waals surface area contributed by atoms with Crippen LogP contribution in [0.4, 0.5) is 11.4 Å². The molecule has 3 nitrogen and oxygen atoms in total. The summed E-state index contributed by atoms with van der Waals surface area (Å²) in [6.07, 6.45) is 3.23. The normalized spacial score (nSPS) is 15.2. The number of benzene rings is 1. The van der Waals surface area contributed by atoms with Crippen LogP contribution in [0.2, 0.25) is 0 Å². The minimum atomic E-state index is 0.0265. The Morgan fingerprint density at radius 2 is 1.42 bits per heavy atom. The van der Waals surface area contributed by atoms with Crippen LogP contribution in [0, 0.1) is 13.8 Å². The van der Waals surface area contributed by atoms with Crippen LogP contribution in [-0.2, 0) is 4.79 Å². The number of allylic oxidation sites excluding steroid dienone is 4. The van der Waals surface area contributed by atoms with Gasteiger partial charge in [0.2, 0.25) is 0 Å². The Bertz CT molecular complexity index is 602. The summed E-state index contributed by atoms with van der Waals surface area (Å²) in [5.41, 5.74) is 12.3. The Morgan fingerprint density at radius 1 is 0.947 bits per heavy atom. The second kappa shape index (κ2) is 4.84. The standard InChI is InChI=1S/C16H18N2O/c1-9-5-13(6-10(2)15(9)17)18-16-11(3)7-14(19)8-12(16)4/h5-8H,17H2,1-4H3. The third kappa shape index (κ3) is 2.65. The number of anilines is 1. The Labute approximate surface area is 113 Å². The lowest BCUT2D eigenvalue weighted by molar-refractivity contribution is -0.110. The van der Waals surface area contributed by atoms with Crippen LogP contribution in [0.25, 0.3) is 0 Å². The minimum absolute atomic E-state index is 0.0265. The van der Waals surface area contributed by atoms with Gasteiger partial charge in [0.05, 0.1) is 11.4 Å². The van der Waals surface area contributed by atoms with Gasteiger partial charge in [-0.05, 0) is 74.3 Å². The quantitative estimate of drug-likeness (QED) is 0.616. The van der Waals surface area contributed by atoms with Gasteiger partial charge in [-0.25, -0.2) is 4.99 Å². The number of nitrogen functional groups attached to an aromatic ring is 1. The van der Waals surface area contributed by atoms with Crippen LogP contribution in [0.15, 0.2) is 40.4 Å². The molecule has 1 aliphatic rings. The SMILES string of the molecule is CC1=CC(=O)C=C(C)C1=Nc1cc(C)c(N)c(C)c1. The molecule has 0 aromatic heterocycles. The van der Waals surface area contributed by atoms with Crippen LogP contribution < -0.4 is 5.73 Å². The zero-order chi connectivity index (χ0) is 14.2. The second-order valence-corrected chi connectivity index (χ2v) is 5.01. The van der Waals surface area contributed by atoms with Gasteiger partial charge in [-0.1, -0.05) is 0 Å². The van der Waals surface area contributed by atoms with E-state index in [1.807, 2.05) is 39.8 Å². The highest BCUT2D eigenvalue weighted by Crippen LogP contribution is 2.26. The first-order chi connectivity index (χ1) is 8.88. The molecular weight excluding hydrogens is 236 g/mol. The van der Waals surface area contributed by atoms with Crippen molar-refractivity contribution in [3.63, 3.8) is 0 Å². The van der Waals surface area contributed by atoms with Crippen molar-refractivity contribution >= 4 is 22.9 Å². The smallest absolute Gasteiger partial charge is 0.179 e. The number of hydrogen-bond acceptors (Lipinski definition) is 3. The van der Waals surface area contributed by atoms with Gasteiger partial charge in [0.1, 0.15) is 0 Å². The summed E-state index contributed by atoms with van der Waals surface area (Å²) in [6.45, 7) is 7.76. The predicted molar refractivity (Wildman–Crippen MR) is 79.9 cm³/mol. The molecular formula is C16H18N2O. The van der Waals surface area contributed by atoms with Gasteiger partial charge in [-0.3, -0.25) is 4.79 Å². The van der Waals surface area contributed by atoms with E-state index in [2.05, 4.69) is 4.99 Å². The number of carbonyl (C=O) groups excluding carboxylic acids is 1. The number of rotatable bonds is 1. The largest absolute Gasteiger partial charge is 0.398 e. The second-order valence-electron chi connectivity index (χ2n) is 5.01. The molecule has 0 spiro atoms. The van der Waals surface area contributed by atoms with Crippen LogP contribution in [0.1, 0.15) is 25.0 Å². The Kier molecular flexibility index (Phi) is 3.38. The van der Waals surface area contributed by atoms with Crippen LogP contribution in [-0.4, -0.2) is 11.5 Å². The molecule has 0 amide bonds. The monoisotopic (exact) mass is 254 g/mol. The van der Waals surface area contributed by atoms with E-state index in [0.717, 1.165) is 39.4 Å². The van der Waals surface area contributed by atoms with E-state index in [0.29, 0.717) is 0 Å².